The van der Waals surface area contributed by atoms with Gasteiger partial charge in [-0.15, -0.1) is 0 Å². The van der Waals surface area contributed by atoms with Crippen LogP contribution in [0.2, 0.25) is 0 Å². The summed E-state index contributed by atoms with van der Waals surface area (Å²) in [6.45, 7) is 1.95. The van der Waals surface area contributed by atoms with Crippen LogP contribution in [0.15, 0.2) is 53.4 Å². The average Bonchev–Trinajstić information content (AvgIpc) is 2.38. The molecule has 106 valence electrons. The van der Waals surface area contributed by atoms with Crippen LogP contribution >= 0.6 is 0 Å². The fraction of sp³-hybridized carbons (Fsp3) is 0.200. The molecule has 2 rings (SSSR count). The molecule has 0 radical (unpaired) electrons. The van der Waals surface area contributed by atoms with Crippen LogP contribution in [0.25, 0.3) is 0 Å². The van der Waals surface area contributed by atoms with Crippen LogP contribution in [0.5, 0.6) is 5.75 Å². The molecule has 0 saturated heterocycles. The highest BCUT2D eigenvalue weighted by Crippen LogP contribution is 2.23. The Morgan fingerprint density at radius 3 is 2.45 bits per heavy atom. The van der Waals surface area contributed by atoms with Gasteiger partial charge in [0.15, 0.2) is 9.84 Å². The van der Waals surface area contributed by atoms with Crippen LogP contribution < -0.4 is 5.32 Å². The summed E-state index contributed by atoms with van der Waals surface area (Å²) in [5.74, 6) is 0.209. The van der Waals surface area contributed by atoms with Crippen molar-refractivity contribution in [3.05, 3.63) is 54.1 Å². The van der Waals surface area contributed by atoms with Crippen molar-refractivity contribution in [3.63, 3.8) is 0 Å². The minimum absolute atomic E-state index is 0.0445. The number of aromatic hydroxyl groups is 1. The minimum atomic E-state index is -3.21. The summed E-state index contributed by atoms with van der Waals surface area (Å²) in [4.78, 5) is 0.283. The maximum absolute atomic E-state index is 11.5. The molecule has 0 bridgehead atoms. The summed E-state index contributed by atoms with van der Waals surface area (Å²) >= 11 is 0. The number of phenols is 1. The van der Waals surface area contributed by atoms with Crippen LogP contribution in [0.3, 0.4) is 0 Å². The molecular formula is C15H17NO3S. The Hall–Kier alpha value is -2.01. The Bertz CT molecular complexity index is 711. The topological polar surface area (TPSA) is 66.4 Å². The third-order valence-corrected chi connectivity index (χ3v) is 4.13. The van der Waals surface area contributed by atoms with Gasteiger partial charge in [0.25, 0.3) is 0 Å². The molecular weight excluding hydrogens is 274 g/mol. The standard InChI is InChI=1S/C15H17NO3S/c1-11(12-5-3-7-14(17)9-12)16-13-6-4-8-15(10-13)20(2,18)19/h3-11,16-17H,1-2H3. The Labute approximate surface area is 119 Å². The van der Waals surface area contributed by atoms with Crippen molar-refractivity contribution in [1.82, 2.24) is 0 Å². The molecule has 0 aromatic heterocycles. The van der Waals surface area contributed by atoms with E-state index in [2.05, 4.69) is 5.32 Å². The zero-order valence-electron chi connectivity index (χ0n) is 11.4. The smallest absolute Gasteiger partial charge is 0.175 e. The van der Waals surface area contributed by atoms with Gasteiger partial charge >= 0.3 is 0 Å². The molecule has 0 amide bonds. The van der Waals surface area contributed by atoms with Gasteiger partial charge in [0, 0.05) is 18.0 Å². The molecule has 0 aliphatic carbocycles. The molecule has 0 fully saturated rings. The van der Waals surface area contributed by atoms with E-state index in [-0.39, 0.29) is 16.7 Å². The van der Waals surface area contributed by atoms with Gasteiger partial charge < -0.3 is 10.4 Å². The second-order valence-corrected chi connectivity index (χ2v) is 6.78. The molecule has 0 saturated carbocycles. The molecule has 1 atom stereocenters. The van der Waals surface area contributed by atoms with E-state index in [1.54, 1.807) is 36.4 Å². The molecule has 5 heteroatoms. The molecule has 2 aromatic rings. The fourth-order valence-electron chi connectivity index (χ4n) is 1.94. The van der Waals surface area contributed by atoms with Crippen molar-refractivity contribution in [1.29, 1.82) is 0 Å². The van der Waals surface area contributed by atoms with E-state index in [4.69, 9.17) is 0 Å². The van der Waals surface area contributed by atoms with Gasteiger partial charge in [0.1, 0.15) is 5.75 Å². The van der Waals surface area contributed by atoms with Gasteiger partial charge in [-0.1, -0.05) is 18.2 Å². The van der Waals surface area contributed by atoms with Crippen molar-refractivity contribution in [2.45, 2.75) is 17.9 Å². The highest BCUT2D eigenvalue weighted by atomic mass is 32.2. The molecule has 0 heterocycles. The Morgan fingerprint density at radius 1 is 1.10 bits per heavy atom. The first-order valence-electron chi connectivity index (χ1n) is 6.22. The van der Waals surface area contributed by atoms with Crippen LogP contribution in [-0.2, 0) is 9.84 Å². The van der Waals surface area contributed by atoms with E-state index in [0.717, 1.165) is 11.3 Å². The van der Waals surface area contributed by atoms with E-state index in [0.29, 0.717) is 0 Å². The summed E-state index contributed by atoms with van der Waals surface area (Å²) in [5.41, 5.74) is 1.65. The first-order chi connectivity index (χ1) is 9.36. The number of anilines is 1. The highest BCUT2D eigenvalue weighted by Gasteiger charge is 2.10. The number of nitrogens with one attached hydrogen (secondary N) is 1. The van der Waals surface area contributed by atoms with Gasteiger partial charge in [-0.2, -0.15) is 0 Å². The van der Waals surface area contributed by atoms with Gasteiger partial charge in [0.2, 0.25) is 0 Å². The predicted octanol–water partition coefficient (Wildman–Crippen LogP) is 2.97. The molecule has 4 nitrogen and oxygen atoms in total. The second kappa shape index (κ2) is 5.54. The summed E-state index contributed by atoms with van der Waals surface area (Å²) in [6.07, 6.45) is 1.19. The quantitative estimate of drug-likeness (QED) is 0.909. The van der Waals surface area contributed by atoms with Crippen LogP contribution in [-0.4, -0.2) is 19.8 Å². The summed E-state index contributed by atoms with van der Waals surface area (Å²) in [5, 5.41) is 12.7. The minimum Gasteiger partial charge on any atom is -0.508 e. The fourth-order valence-corrected chi connectivity index (χ4v) is 2.61. The van der Waals surface area contributed by atoms with Crippen molar-refractivity contribution in [3.8, 4) is 5.75 Å². The summed E-state index contributed by atoms with van der Waals surface area (Å²) in [7, 11) is -3.21. The Kier molecular flexibility index (Phi) is 3.99. The number of rotatable bonds is 4. The maximum Gasteiger partial charge on any atom is 0.175 e. The zero-order valence-corrected chi connectivity index (χ0v) is 12.2. The van der Waals surface area contributed by atoms with Gasteiger partial charge in [-0.3, -0.25) is 0 Å². The van der Waals surface area contributed by atoms with Gasteiger partial charge in [0.05, 0.1) is 4.90 Å². The lowest BCUT2D eigenvalue weighted by atomic mass is 10.1. The molecule has 2 N–H and O–H groups in total. The summed E-state index contributed by atoms with van der Waals surface area (Å²) in [6, 6.07) is 13.6. The number of phenolic OH excluding ortho intramolecular Hbond substituents is 1. The second-order valence-electron chi connectivity index (χ2n) is 4.76. The van der Waals surface area contributed by atoms with Gasteiger partial charge in [-0.05, 0) is 42.8 Å². The third-order valence-electron chi connectivity index (χ3n) is 3.02. The van der Waals surface area contributed by atoms with E-state index in [9.17, 15) is 13.5 Å². The monoisotopic (exact) mass is 291 g/mol. The predicted molar refractivity (Wildman–Crippen MR) is 79.7 cm³/mol. The molecule has 0 spiro atoms. The van der Waals surface area contributed by atoms with Crippen LogP contribution in [0, 0.1) is 0 Å². The van der Waals surface area contributed by atoms with E-state index >= 15 is 0 Å². The van der Waals surface area contributed by atoms with Crippen LogP contribution in [0.4, 0.5) is 5.69 Å². The average molecular weight is 291 g/mol. The molecule has 0 aliphatic rings. The molecule has 0 aliphatic heterocycles. The van der Waals surface area contributed by atoms with Gasteiger partial charge in [-0.25, -0.2) is 8.42 Å². The highest BCUT2D eigenvalue weighted by molar-refractivity contribution is 7.90. The normalized spacial score (nSPS) is 12.9. The van der Waals surface area contributed by atoms with E-state index in [1.807, 2.05) is 19.1 Å². The molecule has 1 unspecified atom stereocenters. The lowest BCUT2D eigenvalue weighted by molar-refractivity contribution is 0.474. The van der Waals surface area contributed by atoms with Crippen molar-refractivity contribution < 1.29 is 13.5 Å². The zero-order chi connectivity index (χ0) is 14.8. The maximum atomic E-state index is 11.5. The van der Waals surface area contributed by atoms with Crippen molar-refractivity contribution in [2.75, 3.05) is 11.6 Å². The lowest BCUT2D eigenvalue weighted by Crippen LogP contribution is -2.07. The number of sulfone groups is 1. The number of hydrogen-bond acceptors (Lipinski definition) is 4. The third kappa shape index (κ3) is 3.51. The molecule has 20 heavy (non-hydrogen) atoms. The van der Waals surface area contributed by atoms with E-state index in [1.165, 1.54) is 6.26 Å². The van der Waals surface area contributed by atoms with Crippen molar-refractivity contribution >= 4 is 15.5 Å². The Balaban J connectivity index is 2.22. The number of benzene rings is 2. The van der Waals surface area contributed by atoms with Crippen molar-refractivity contribution in [2.24, 2.45) is 0 Å². The number of hydrogen-bond donors (Lipinski definition) is 2. The molecule has 2 aromatic carbocycles. The van der Waals surface area contributed by atoms with E-state index < -0.39 is 9.84 Å². The largest absolute Gasteiger partial charge is 0.508 e. The Morgan fingerprint density at radius 2 is 1.80 bits per heavy atom. The SMILES string of the molecule is CC(Nc1cccc(S(C)(=O)=O)c1)c1cccc(O)c1. The summed E-state index contributed by atoms with van der Waals surface area (Å²) < 4.78 is 23.0. The lowest BCUT2D eigenvalue weighted by Gasteiger charge is -2.16. The van der Waals surface area contributed by atoms with Crippen LogP contribution in [0.1, 0.15) is 18.5 Å². The first-order valence-corrected chi connectivity index (χ1v) is 8.11. The first kappa shape index (κ1) is 14.4.